The monoisotopic (exact) mass is 252 g/mol. The molecule has 1 aliphatic carbocycles. The standard InChI is InChI=1S/C15H28N2O/c1-13(18)17-10-6-14(7-11-17)16-12-15(2)8-4-3-5-9-15/h14,16H,3-12H2,1-2H3. The third kappa shape index (κ3) is 3.71. The topological polar surface area (TPSA) is 32.3 Å². The molecule has 0 spiro atoms. The van der Waals surface area contributed by atoms with Crippen molar-refractivity contribution in [1.29, 1.82) is 0 Å². The number of hydrogen-bond donors (Lipinski definition) is 1. The molecule has 1 heterocycles. The molecule has 0 aromatic rings. The third-order valence-corrected chi connectivity index (χ3v) is 4.82. The lowest BCUT2D eigenvalue weighted by atomic mass is 9.75. The summed E-state index contributed by atoms with van der Waals surface area (Å²) in [5.74, 6) is 0.229. The molecule has 2 rings (SSSR count). The van der Waals surface area contributed by atoms with Crippen LogP contribution in [0, 0.1) is 5.41 Å². The Kier molecular flexibility index (Phi) is 4.66. The van der Waals surface area contributed by atoms with Crippen LogP contribution in [-0.2, 0) is 4.79 Å². The molecular formula is C15H28N2O. The van der Waals surface area contributed by atoms with E-state index in [4.69, 9.17) is 0 Å². The number of likely N-dealkylation sites (tertiary alicyclic amines) is 1. The number of nitrogens with zero attached hydrogens (tertiary/aromatic N) is 1. The molecule has 0 atom stereocenters. The summed E-state index contributed by atoms with van der Waals surface area (Å²) in [5.41, 5.74) is 0.524. The highest BCUT2D eigenvalue weighted by molar-refractivity contribution is 5.73. The number of piperidine rings is 1. The van der Waals surface area contributed by atoms with Crippen LogP contribution < -0.4 is 5.32 Å². The van der Waals surface area contributed by atoms with E-state index in [9.17, 15) is 4.79 Å². The summed E-state index contributed by atoms with van der Waals surface area (Å²) in [5, 5.41) is 3.75. The largest absolute Gasteiger partial charge is 0.343 e. The first-order valence-electron chi connectivity index (χ1n) is 7.58. The molecule has 2 aliphatic rings. The molecule has 104 valence electrons. The van der Waals surface area contributed by atoms with Crippen molar-refractivity contribution in [2.75, 3.05) is 19.6 Å². The summed E-state index contributed by atoms with van der Waals surface area (Å²) in [6.45, 7) is 7.14. The highest BCUT2D eigenvalue weighted by Gasteiger charge is 2.28. The molecule has 18 heavy (non-hydrogen) atoms. The van der Waals surface area contributed by atoms with E-state index in [-0.39, 0.29) is 5.91 Å². The Hall–Kier alpha value is -0.570. The third-order valence-electron chi connectivity index (χ3n) is 4.82. The van der Waals surface area contributed by atoms with Gasteiger partial charge in [-0.1, -0.05) is 26.2 Å². The molecule has 3 heteroatoms. The van der Waals surface area contributed by atoms with Crippen molar-refractivity contribution in [2.24, 2.45) is 5.41 Å². The maximum absolute atomic E-state index is 11.3. The molecule has 3 nitrogen and oxygen atoms in total. The zero-order valence-corrected chi connectivity index (χ0v) is 12.0. The van der Waals surface area contributed by atoms with Crippen molar-refractivity contribution in [3.05, 3.63) is 0 Å². The summed E-state index contributed by atoms with van der Waals surface area (Å²) in [6, 6.07) is 0.624. The second-order valence-corrected chi connectivity index (χ2v) is 6.53. The fourth-order valence-corrected chi connectivity index (χ4v) is 3.37. The molecule has 1 saturated heterocycles. The van der Waals surface area contributed by atoms with Crippen LogP contribution in [0.5, 0.6) is 0 Å². The predicted octanol–water partition coefficient (Wildman–Crippen LogP) is 2.56. The minimum absolute atomic E-state index is 0.229. The lowest BCUT2D eigenvalue weighted by Crippen LogP contribution is -2.47. The zero-order valence-electron chi connectivity index (χ0n) is 12.0. The van der Waals surface area contributed by atoms with Crippen LogP contribution in [0.4, 0.5) is 0 Å². The molecule has 0 radical (unpaired) electrons. The highest BCUT2D eigenvalue weighted by atomic mass is 16.2. The highest BCUT2D eigenvalue weighted by Crippen LogP contribution is 2.35. The predicted molar refractivity (Wildman–Crippen MR) is 74.5 cm³/mol. The molecule has 0 aromatic heterocycles. The van der Waals surface area contributed by atoms with Gasteiger partial charge in [0.25, 0.3) is 0 Å². The summed E-state index contributed by atoms with van der Waals surface area (Å²) in [6.07, 6.45) is 9.23. The van der Waals surface area contributed by atoms with E-state index in [1.807, 2.05) is 4.90 Å². The fraction of sp³-hybridized carbons (Fsp3) is 0.933. The maximum Gasteiger partial charge on any atom is 0.219 e. The Balaban J connectivity index is 1.70. The van der Waals surface area contributed by atoms with E-state index in [2.05, 4.69) is 12.2 Å². The van der Waals surface area contributed by atoms with Gasteiger partial charge in [0.15, 0.2) is 0 Å². The van der Waals surface area contributed by atoms with Gasteiger partial charge in [0, 0.05) is 32.6 Å². The van der Waals surface area contributed by atoms with E-state index < -0.39 is 0 Å². The minimum atomic E-state index is 0.229. The van der Waals surface area contributed by atoms with Gasteiger partial charge in [-0.3, -0.25) is 4.79 Å². The molecule has 2 fully saturated rings. The Morgan fingerprint density at radius 1 is 1.22 bits per heavy atom. The second-order valence-electron chi connectivity index (χ2n) is 6.53. The first-order valence-corrected chi connectivity index (χ1v) is 7.58. The van der Waals surface area contributed by atoms with E-state index >= 15 is 0 Å². The number of rotatable bonds is 3. The SMILES string of the molecule is CC(=O)N1CCC(NCC2(C)CCCCC2)CC1. The molecule has 0 unspecified atom stereocenters. The first kappa shape index (κ1) is 13.9. The van der Waals surface area contributed by atoms with Crippen LogP contribution in [0.25, 0.3) is 0 Å². The van der Waals surface area contributed by atoms with Gasteiger partial charge in [-0.25, -0.2) is 0 Å². The van der Waals surface area contributed by atoms with E-state index in [1.165, 1.54) is 32.1 Å². The van der Waals surface area contributed by atoms with Gasteiger partial charge in [-0.15, -0.1) is 0 Å². The molecule has 1 N–H and O–H groups in total. The quantitative estimate of drug-likeness (QED) is 0.837. The maximum atomic E-state index is 11.3. The van der Waals surface area contributed by atoms with Gasteiger partial charge >= 0.3 is 0 Å². The van der Waals surface area contributed by atoms with Crippen LogP contribution in [0.1, 0.15) is 58.8 Å². The average molecular weight is 252 g/mol. The molecule has 0 aromatic carbocycles. The minimum Gasteiger partial charge on any atom is -0.343 e. The second kappa shape index (κ2) is 6.05. The van der Waals surface area contributed by atoms with Gasteiger partial charge in [-0.05, 0) is 31.1 Å². The van der Waals surface area contributed by atoms with E-state index in [0.29, 0.717) is 11.5 Å². The Bertz CT molecular complexity index is 276. The Morgan fingerprint density at radius 3 is 2.39 bits per heavy atom. The molecular weight excluding hydrogens is 224 g/mol. The zero-order chi connectivity index (χ0) is 13.0. The molecule has 1 aliphatic heterocycles. The van der Waals surface area contributed by atoms with Crippen molar-refractivity contribution in [2.45, 2.75) is 64.8 Å². The van der Waals surface area contributed by atoms with Gasteiger partial charge < -0.3 is 10.2 Å². The van der Waals surface area contributed by atoms with Gasteiger partial charge in [0.1, 0.15) is 0 Å². The number of nitrogens with one attached hydrogen (secondary N) is 1. The van der Waals surface area contributed by atoms with Gasteiger partial charge in [0.2, 0.25) is 5.91 Å². The smallest absolute Gasteiger partial charge is 0.219 e. The number of carbonyl (C=O) groups is 1. The summed E-state index contributed by atoms with van der Waals surface area (Å²) in [4.78, 5) is 13.2. The van der Waals surface area contributed by atoms with Crippen molar-refractivity contribution in [3.8, 4) is 0 Å². The Morgan fingerprint density at radius 2 is 1.83 bits per heavy atom. The number of amides is 1. The Labute approximate surface area is 111 Å². The molecule has 1 amide bonds. The van der Waals surface area contributed by atoms with Crippen molar-refractivity contribution in [3.63, 3.8) is 0 Å². The van der Waals surface area contributed by atoms with E-state index in [1.54, 1.807) is 6.92 Å². The molecule has 1 saturated carbocycles. The lowest BCUT2D eigenvalue weighted by molar-refractivity contribution is -0.129. The van der Waals surface area contributed by atoms with Crippen molar-refractivity contribution >= 4 is 5.91 Å². The van der Waals surface area contributed by atoms with Crippen molar-refractivity contribution in [1.82, 2.24) is 10.2 Å². The fourth-order valence-electron chi connectivity index (χ4n) is 3.37. The summed E-state index contributed by atoms with van der Waals surface area (Å²) >= 11 is 0. The van der Waals surface area contributed by atoms with Crippen LogP contribution in [0.2, 0.25) is 0 Å². The van der Waals surface area contributed by atoms with Crippen LogP contribution in [0.15, 0.2) is 0 Å². The van der Waals surface area contributed by atoms with Gasteiger partial charge in [0.05, 0.1) is 0 Å². The summed E-state index contributed by atoms with van der Waals surface area (Å²) in [7, 11) is 0. The van der Waals surface area contributed by atoms with Crippen LogP contribution in [-0.4, -0.2) is 36.5 Å². The van der Waals surface area contributed by atoms with E-state index in [0.717, 1.165) is 32.5 Å². The lowest BCUT2D eigenvalue weighted by Gasteiger charge is -2.37. The number of hydrogen-bond acceptors (Lipinski definition) is 2. The first-order chi connectivity index (χ1) is 8.59. The normalized spacial score (nSPS) is 25.1. The van der Waals surface area contributed by atoms with Gasteiger partial charge in [-0.2, -0.15) is 0 Å². The van der Waals surface area contributed by atoms with Crippen LogP contribution in [0.3, 0.4) is 0 Å². The van der Waals surface area contributed by atoms with Crippen LogP contribution >= 0.6 is 0 Å². The van der Waals surface area contributed by atoms with Crippen molar-refractivity contribution < 1.29 is 4.79 Å². The number of carbonyl (C=O) groups excluding carboxylic acids is 1. The average Bonchev–Trinajstić information content (AvgIpc) is 2.38. The summed E-state index contributed by atoms with van der Waals surface area (Å²) < 4.78 is 0. The molecule has 0 bridgehead atoms.